The van der Waals surface area contributed by atoms with Gasteiger partial charge in [-0.2, -0.15) is 0 Å². The summed E-state index contributed by atoms with van der Waals surface area (Å²) in [4.78, 5) is 31.2. The predicted octanol–water partition coefficient (Wildman–Crippen LogP) is 3.93. The fourth-order valence-corrected chi connectivity index (χ4v) is 2.92. The van der Waals surface area contributed by atoms with Gasteiger partial charge in [0.1, 0.15) is 18.2 Å². The molecule has 0 amide bonds. The molecule has 0 aliphatic heterocycles. The van der Waals surface area contributed by atoms with Crippen LogP contribution in [0.3, 0.4) is 0 Å². The number of carbonyl (C=O) groups is 2. The van der Waals surface area contributed by atoms with Crippen LogP contribution >= 0.6 is 0 Å². The van der Waals surface area contributed by atoms with Crippen molar-refractivity contribution in [1.82, 2.24) is 14.5 Å². The van der Waals surface area contributed by atoms with Crippen LogP contribution in [-0.4, -0.2) is 27.1 Å². The van der Waals surface area contributed by atoms with E-state index < -0.39 is 0 Å². The molecule has 0 saturated heterocycles. The first kappa shape index (κ1) is 15.9. The smallest absolute Gasteiger partial charge is 0.162 e. The topological polar surface area (TPSA) is 64.8 Å². The minimum Gasteiger partial charge on any atom is -0.335 e. The van der Waals surface area contributed by atoms with Gasteiger partial charge in [-0.05, 0) is 6.07 Å². The summed E-state index contributed by atoms with van der Waals surface area (Å²) in [5.74, 6) is 0.589. The molecule has 0 saturated carbocycles. The Morgan fingerprint density at radius 3 is 1.92 bits per heavy atom. The van der Waals surface area contributed by atoms with Crippen LogP contribution in [0.15, 0.2) is 60.8 Å². The maximum absolute atomic E-state index is 10.9. The van der Waals surface area contributed by atoms with Crippen LogP contribution in [0, 0.1) is 0 Å². The molecule has 0 aliphatic carbocycles. The quantitative estimate of drug-likeness (QED) is 0.528. The van der Waals surface area contributed by atoms with E-state index in [0.717, 1.165) is 40.4 Å². The third-order valence-corrected chi connectivity index (χ3v) is 4.35. The molecule has 4 rings (SSSR count). The van der Waals surface area contributed by atoms with Gasteiger partial charge < -0.3 is 4.57 Å². The summed E-state index contributed by atoms with van der Waals surface area (Å²) in [6.45, 7) is 0. The summed E-state index contributed by atoms with van der Waals surface area (Å²) >= 11 is 0. The van der Waals surface area contributed by atoms with Crippen molar-refractivity contribution >= 4 is 23.6 Å². The largest absolute Gasteiger partial charge is 0.335 e. The molecule has 0 fully saturated rings. The third kappa shape index (κ3) is 2.69. The van der Waals surface area contributed by atoms with Crippen molar-refractivity contribution in [3.8, 4) is 22.6 Å². The lowest BCUT2D eigenvalue weighted by atomic mass is 10.1. The SMILES string of the molecule is Cn1ccc2c(-c3ccc(C=O)cc3)nc(-c3ccc(C=O)cc3)nc21. The van der Waals surface area contributed by atoms with E-state index in [1.807, 2.05) is 48.1 Å². The lowest BCUT2D eigenvalue weighted by Gasteiger charge is -2.08. The van der Waals surface area contributed by atoms with E-state index in [1.165, 1.54) is 0 Å². The van der Waals surface area contributed by atoms with Gasteiger partial charge in [0.05, 0.1) is 5.69 Å². The van der Waals surface area contributed by atoms with Crippen molar-refractivity contribution in [3.63, 3.8) is 0 Å². The van der Waals surface area contributed by atoms with Crippen molar-refractivity contribution in [2.45, 2.75) is 0 Å². The summed E-state index contributed by atoms with van der Waals surface area (Å²) in [5.41, 5.74) is 4.62. The van der Waals surface area contributed by atoms with Crippen LogP contribution in [0.4, 0.5) is 0 Å². The van der Waals surface area contributed by atoms with Crippen molar-refractivity contribution in [2.75, 3.05) is 0 Å². The maximum atomic E-state index is 10.9. The second kappa shape index (κ2) is 6.37. The van der Waals surface area contributed by atoms with E-state index in [9.17, 15) is 9.59 Å². The Kier molecular flexibility index (Phi) is 3.89. The number of carbonyl (C=O) groups excluding carboxylic acids is 2. The molecule has 5 nitrogen and oxygen atoms in total. The first-order valence-electron chi connectivity index (χ1n) is 8.14. The highest BCUT2D eigenvalue weighted by molar-refractivity contribution is 5.93. The molecule has 0 N–H and O–H groups in total. The van der Waals surface area contributed by atoms with E-state index in [2.05, 4.69) is 4.98 Å². The molecule has 4 aromatic rings. The number of aldehydes is 2. The van der Waals surface area contributed by atoms with E-state index >= 15 is 0 Å². The first-order valence-corrected chi connectivity index (χ1v) is 8.14. The Bertz CT molecular complexity index is 1110. The number of aromatic nitrogens is 3. The lowest BCUT2D eigenvalue weighted by molar-refractivity contribution is 0.111. The molecule has 0 unspecified atom stereocenters. The molecule has 0 radical (unpaired) electrons. The van der Waals surface area contributed by atoms with Gasteiger partial charge in [-0.1, -0.05) is 48.5 Å². The van der Waals surface area contributed by atoms with E-state index in [-0.39, 0.29) is 0 Å². The molecule has 0 bridgehead atoms. The van der Waals surface area contributed by atoms with Crippen LogP contribution in [0.5, 0.6) is 0 Å². The second-order valence-electron chi connectivity index (χ2n) is 6.04. The highest BCUT2D eigenvalue weighted by Gasteiger charge is 2.13. The van der Waals surface area contributed by atoms with Gasteiger partial charge in [0.2, 0.25) is 0 Å². The molecular formula is C21H15N3O2. The zero-order valence-electron chi connectivity index (χ0n) is 14.1. The number of benzene rings is 2. The Labute approximate surface area is 150 Å². The van der Waals surface area contributed by atoms with Gasteiger partial charge in [0, 0.05) is 40.9 Å². The molecule has 2 aromatic carbocycles. The number of hydrogen-bond donors (Lipinski definition) is 0. The number of rotatable bonds is 4. The van der Waals surface area contributed by atoms with Gasteiger partial charge in [-0.15, -0.1) is 0 Å². The highest BCUT2D eigenvalue weighted by atomic mass is 16.1. The molecule has 0 spiro atoms. The molecule has 0 aliphatic rings. The first-order chi connectivity index (χ1) is 12.7. The monoisotopic (exact) mass is 341 g/mol. The number of nitrogens with zero attached hydrogens (tertiary/aromatic N) is 3. The fraction of sp³-hybridized carbons (Fsp3) is 0.0476. The average molecular weight is 341 g/mol. The summed E-state index contributed by atoms with van der Waals surface area (Å²) < 4.78 is 1.95. The summed E-state index contributed by atoms with van der Waals surface area (Å²) in [7, 11) is 1.94. The maximum Gasteiger partial charge on any atom is 0.162 e. The van der Waals surface area contributed by atoms with Crippen molar-refractivity contribution in [3.05, 3.63) is 71.9 Å². The molecule has 126 valence electrons. The number of fused-ring (bicyclic) bond motifs is 1. The van der Waals surface area contributed by atoms with Crippen molar-refractivity contribution < 1.29 is 9.59 Å². The van der Waals surface area contributed by atoms with Gasteiger partial charge in [-0.25, -0.2) is 9.97 Å². The average Bonchev–Trinajstić information content (AvgIpc) is 3.08. The molecule has 2 heterocycles. The molecule has 5 heteroatoms. The number of aryl methyl sites for hydroxylation is 1. The highest BCUT2D eigenvalue weighted by Crippen LogP contribution is 2.29. The predicted molar refractivity (Wildman–Crippen MR) is 100 cm³/mol. The normalized spacial score (nSPS) is 10.8. The van der Waals surface area contributed by atoms with E-state index in [0.29, 0.717) is 17.0 Å². The zero-order chi connectivity index (χ0) is 18.1. The molecular weight excluding hydrogens is 326 g/mol. The summed E-state index contributed by atoms with van der Waals surface area (Å²) in [5, 5.41) is 0.944. The van der Waals surface area contributed by atoms with Crippen molar-refractivity contribution in [1.29, 1.82) is 0 Å². The fourth-order valence-electron chi connectivity index (χ4n) is 2.92. The summed E-state index contributed by atoms with van der Waals surface area (Å²) in [6, 6.07) is 16.5. The van der Waals surface area contributed by atoms with Gasteiger partial charge in [0.25, 0.3) is 0 Å². The Morgan fingerprint density at radius 2 is 1.35 bits per heavy atom. The van der Waals surface area contributed by atoms with Gasteiger partial charge in [-0.3, -0.25) is 9.59 Å². The Hall–Kier alpha value is -3.60. The lowest BCUT2D eigenvalue weighted by Crippen LogP contribution is -1.97. The van der Waals surface area contributed by atoms with Gasteiger partial charge >= 0.3 is 0 Å². The standard InChI is InChI=1S/C21H15N3O2/c1-24-11-10-18-19(16-6-2-14(12-25)3-7-16)22-20(23-21(18)24)17-8-4-15(13-26)5-9-17/h2-13H,1H3. The molecule has 0 atom stereocenters. The molecule has 26 heavy (non-hydrogen) atoms. The zero-order valence-corrected chi connectivity index (χ0v) is 14.1. The second-order valence-corrected chi connectivity index (χ2v) is 6.04. The van der Waals surface area contributed by atoms with Crippen molar-refractivity contribution in [2.24, 2.45) is 7.05 Å². The van der Waals surface area contributed by atoms with Crippen LogP contribution in [-0.2, 0) is 7.05 Å². The molecule has 2 aromatic heterocycles. The number of hydrogen-bond acceptors (Lipinski definition) is 4. The minimum atomic E-state index is 0.589. The van der Waals surface area contributed by atoms with E-state index in [1.54, 1.807) is 24.3 Å². The van der Waals surface area contributed by atoms with Crippen LogP contribution in [0.25, 0.3) is 33.7 Å². The third-order valence-electron chi connectivity index (χ3n) is 4.35. The summed E-state index contributed by atoms with van der Waals surface area (Å²) in [6.07, 6.45) is 3.58. The van der Waals surface area contributed by atoms with Gasteiger partial charge in [0.15, 0.2) is 5.82 Å². The van der Waals surface area contributed by atoms with Crippen LogP contribution < -0.4 is 0 Å². The van der Waals surface area contributed by atoms with E-state index in [4.69, 9.17) is 4.98 Å². The van der Waals surface area contributed by atoms with Crippen LogP contribution in [0.2, 0.25) is 0 Å². The Balaban J connectivity index is 1.92. The minimum absolute atomic E-state index is 0.589. The Morgan fingerprint density at radius 1 is 0.769 bits per heavy atom. The van der Waals surface area contributed by atoms with Crippen LogP contribution in [0.1, 0.15) is 20.7 Å².